The van der Waals surface area contributed by atoms with E-state index < -0.39 is 0 Å². The molecule has 2 bridgehead atoms. The van der Waals surface area contributed by atoms with Crippen LogP contribution in [0.25, 0.3) is 0 Å². The van der Waals surface area contributed by atoms with Gasteiger partial charge in [-0.25, -0.2) is 0 Å². The van der Waals surface area contributed by atoms with Gasteiger partial charge < -0.3 is 11.1 Å². The van der Waals surface area contributed by atoms with Crippen LogP contribution in [0.1, 0.15) is 32.6 Å². The van der Waals surface area contributed by atoms with Crippen LogP contribution in [-0.2, 0) is 0 Å². The summed E-state index contributed by atoms with van der Waals surface area (Å²) in [4.78, 5) is 0. The van der Waals surface area contributed by atoms with Crippen molar-refractivity contribution in [1.29, 1.82) is 0 Å². The number of benzene rings is 1. The molecule has 2 fully saturated rings. The average Bonchev–Trinajstić information content (AvgIpc) is 2.97. The van der Waals surface area contributed by atoms with Gasteiger partial charge in [-0.1, -0.05) is 24.1 Å². The Morgan fingerprint density at radius 1 is 1.33 bits per heavy atom. The second kappa shape index (κ2) is 4.65. The van der Waals surface area contributed by atoms with E-state index in [0.29, 0.717) is 16.8 Å². The summed E-state index contributed by atoms with van der Waals surface area (Å²) in [7, 11) is 0. The monoisotopic (exact) mass is 264 g/mol. The molecule has 4 unspecified atom stereocenters. The maximum atomic E-state index is 6.05. The maximum Gasteiger partial charge on any atom is 0.0739 e. The normalized spacial score (nSPS) is 31.6. The molecule has 0 radical (unpaired) electrons. The minimum Gasteiger partial charge on any atom is -0.396 e. The predicted octanol–water partition coefficient (Wildman–Crippen LogP) is 4.16. The first-order valence-electron chi connectivity index (χ1n) is 6.95. The fourth-order valence-electron chi connectivity index (χ4n) is 3.92. The molecule has 2 aliphatic carbocycles. The molecule has 2 nitrogen and oxygen atoms in total. The fourth-order valence-corrected chi connectivity index (χ4v) is 4.10. The molecule has 2 saturated carbocycles. The van der Waals surface area contributed by atoms with Gasteiger partial charge in [-0.05, 0) is 56.1 Å². The van der Waals surface area contributed by atoms with E-state index in [4.69, 9.17) is 17.3 Å². The number of anilines is 2. The van der Waals surface area contributed by atoms with E-state index >= 15 is 0 Å². The van der Waals surface area contributed by atoms with Crippen molar-refractivity contribution < 1.29 is 0 Å². The summed E-state index contributed by atoms with van der Waals surface area (Å²) in [6, 6.07) is 6.30. The molecule has 1 aromatic carbocycles. The Labute approximate surface area is 114 Å². The number of nitrogen functional groups attached to an aromatic ring is 1. The molecule has 3 N–H and O–H groups in total. The van der Waals surface area contributed by atoms with Crippen LogP contribution < -0.4 is 11.1 Å². The van der Waals surface area contributed by atoms with Gasteiger partial charge in [0.1, 0.15) is 0 Å². The van der Waals surface area contributed by atoms with Crippen molar-refractivity contribution in [3.63, 3.8) is 0 Å². The Morgan fingerprint density at radius 2 is 2.17 bits per heavy atom. The highest BCUT2D eigenvalue weighted by Crippen LogP contribution is 2.50. The number of para-hydroxylation sites is 1. The molecule has 3 heteroatoms. The molecule has 3 rings (SSSR count). The zero-order valence-electron chi connectivity index (χ0n) is 10.8. The van der Waals surface area contributed by atoms with Gasteiger partial charge in [-0.2, -0.15) is 0 Å². The summed E-state index contributed by atoms with van der Waals surface area (Å²) >= 11 is 6.05. The van der Waals surface area contributed by atoms with E-state index in [1.54, 1.807) is 0 Å². The van der Waals surface area contributed by atoms with E-state index in [-0.39, 0.29) is 0 Å². The number of hydrogen-bond acceptors (Lipinski definition) is 2. The van der Waals surface area contributed by atoms with Crippen LogP contribution in [0.5, 0.6) is 0 Å². The molecular weight excluding hydrogens is 244 g/mol. The lowest BCUT2D eigenvalue weighted by atomic mass is 9.84. The lowest BCUT2D eigenvalue weighted by Crippen LogP contribution is -2.30. The molecule has 1 aromatic rings. The van der Waals surface area contributed by atoms with Gasteiger partial charge >= 0.3 is 0 Å². The number of nitrogens with two attached hydrogens (primary N) is 1. The van der Waals surface area contributed by atoms with Crippen molar-refractivity contribution in [3.05, 3.63) is 23.2 Å². The molecule has 0 aromatic heterocycles. The summed E-state index contributed by atoms with van der Waals surface area (Å²) in [6.45, 7) is 2.28. The second-order valence-corrected chi connectivity index (χ2v) is 6.38. The second-order valence-electron chi connectivity index (χ2n) is 5.97. The van der Waals surface area contributed by atoms with Crippen LogP contribution in [0.4, 0.5) is 11.4 Å². The molecule has 98 valence electrons. The Balaban J connectivity index is 1.71. The van der Waals surface area contributed by atoms with E-state index in [2.05, 4.69) is 12.2 Å². The lowest BCUT2D eigenvalue weighted by Gasteiger charge is -2.29. The van der Waals surface area contributed by atoms with Crippen molar-refractivity contribution in [2.45, 2.75) is 38.6 Å². The van der Waals surface area contributed by atoms with E-state index in [1.807, 2.05) is 18.2 Å². The Hall–Kier alpha value is -0.890. The topological polar surface area (TPSA) is 38.0 Å². The highest BCUT2D eigenvalue weighted by Gasteiger charge is 2.41. The Kier molecular flexibility index (Phi) is 3.14. The largest absolute Gasteiger partial charge is 0.396 e. The molecule has 0 heterocycles. The number of hydrogen-bond donors (Lipinski definition) is 2. The van der Waals surface area contributed by atoms with Gasteiger partial charge in [0.25, 0.3) is 0 Å². The maximum absolute atomic E-state index is 6.05. The minimum absolute atomic E-state index is 0.487. The van der Waals surface area contributed by atoms with Crippen LogP contribution in [0, 0.1) is 17.8 Å². The van der Waals surface area contributed by atoms with Crippen LogP contribution in [0.3, 0.4) is 0 Å². The van der Waals surface area contributed by atoms with Crippen molar-refractivity contribution >= 4 is 23.0 Å². The third kappa shape index (κ3) is 2.07. The molecule has 0 aliphatic heterocycles. The molecular formula is C15H21ClN2. The molecule has 0 amide bonds. The molecule has 18 heavy (non-hydrogen) atoms. The predicted molar refractivity (Wildman–Crippen MR) is 77.9 cm³/mol. The summed E-state index contributed by atoms with van der Waals surface area (Å²) in [5.41, 5.74) is 7.67. The smallest absolute Gasteiger partial charge is 0.0739 e. The van der Waals surface area contributed by atoms with Crippen LogP contribution in [0.2, 0.25) is 5.02 Å². The van der Waals surface area contributed by atoms with Crippen molar-refractivity contribution in [3.8, 4) is 0 Å². The highest BCUT2D eigenvalue weighted by molar-refractivity contribution is 6.33. The van der Waals surface area contributed by atoms with Gasteiger partial charge in [-0.3, -0.25) is 0 Å². The average molecular weight is 265 g/mol. The third-order valence-electron chi connectivity index (χ3n) is 4.87. The number of nitrogens with one attached hydrogen (secondary N) is 1. The van der Waals surface area contributed by atoms with E-state index in [1.165, 1.54) is 25.7 Å². The zero-order valence-corrected chi connectivity index (χ0v) is 11.6. The zero-order chi connectivity index (χ0) is 12.7. The Morgan fingerprint density at radius 3 is 2.83 bits per heavy atom. The summed E-state index contributed by atoms with van der Waals surface area (Å²) in [5, 5.41) is 4.21. The van der Waals surface area contributed by atoms with Crippen molar-refractivity contribution in [2.24, 2.45) is 17.8 Å². The van der Waals surface area contributed by atoms with Crippen molar-refractivity contribution in [1.82, 2.24) is 0 Å². The van der Waals surface area contributed by atoms with E-state index in [9.17, 15) is 0 Å². The quantitative estimate of drug-likeness (QED) is 0.805. The number of halogens is 1. The number of fused-ring (bicyclic) bond motifs is 2. The molecule has 0 spiro atoms. The molecule has 2 aliphatic rings. The summed E-state index contributed by atoms with van der Waals surface area (Å²) in [5.74, 6) is 2.72. The van der Waals surface area contributed by atoms with Gasteiger partial charge in [-0.15, -0.1) is 0 Å². The Bertz CT molecular complexity index is 446. The fraction of sp³-hybridized carbons (Fsp3) is 0.600. The SMILES string of the molecule is CC(Nc1cccc(Cl)c1N)C1CC2CCC1C2. The minimum atomic E-state index is 0.487. The molecule has 4 atom stereocenters. The van der Waals surface area contributed by atoms with E-state index in [0.717, 1.165) is 23.4 Å². The van der Waals surface area contributed by atoms with Gasteiger partial charge in [0, 0.05) is 6.04 Å². The summed E-state index contributed by atoms with van der Waals surface area (Å²) < 4.78 is 0. The third-order valence-corrected chi connectivity index (χ3v) is 5.20. The highest BCUT2D eigenvalue weighted by atomic mass is 35.5. The first-order valence-corrected chi connectivity index (χ1v) is 7.33. The standard InChI is InChI=1S/C15H21ClN2/c1-9(12-8-10-5-6-11(12)7-10)18-14-4-2-3-13(16)15(14)17/h2-4,9-12,18H,5-8,17H2,1H3. The van der Waals surface area contributed by atoms with Crippen LogP contribution >= 0.6 is 11.6 Å². The number of rotatable bonds is 3. The van der Waals surface area contributed by atoms with Gasteiger partial charge in [0.15, 0.2) is 0 Å². The van der Waals surface area contributed by atoms with Crippen LogP contribution in [0.15, 0.2) is 18.2 Å². The first-order chi connectivity index (χ1) is 8.65. The first kappa shape index (κ1) is 12.2. The van der Waals surface area contributed by atoms with Crippen LogP contribution in [-0.4, -0.2) is 6.04 Å². The van der Waals surface area contributed by atoms with Gasteiger partial charge in [0.2, 0.25) is 0 Å². The van der Waals surface area contributed by atoms with Gasteiger partial charge in [0.05, 0.1) is 16.4 Å². The summed E-state index contributed by atoms with van der Waals surface area (Å²) in [6.07, 6.45) is 5.71. The van der Waals surface area contributed by atoms with Crippen molar-refractivity contribution in [2.75, 3.05) is 11.1 Å². The lowest BCUT2D eigenvalue weighted by molar-refractivity contribution is 0.304. The molecule has 0 saturated heterocycles.